The van der Waals surface area contributed by atoms with Crippen LogP contribution in [0.3, 0.4) is 0 Å². The fourth-order valence-electron chi connectivity index (χ4n) is 2.91. The molecule has 0 radical (unpaired) electrons. The minimum atomic E-state index is 0.173. The number of amides is 1. The Morgan fingerprint density at radius 1 is 1.11 bits per heavy atom. The summed E-state index contributed by atoms with van der Waals surface area (Å²) in [6.45, 7) is 4.12. The number of nitrogens with one attached hydrogen (secondary N) is 1. The van der Waals surface area contributed by atoms with E-state index in [1.807, 2.05) is 12.1 Å². The van der Waals surface area contributed by atoms with Crippen molar-refractivity contribution in [3.05, 3.63) is 29.3 Å². The summed E-state index contributed by atoms with van der Waals surface area (Å²) in [7, 11) is 0. The van der Waals surface area contributed by atoms with Gasteiger partial charge in [0.15, 0.2) is 0 Å². The van der Waals surface area contributed by atoms with Crippen LogP contribution in [0.1, 0.15) is 49.7 Å². The van der Waals surface area contributed by atoms with Crippen molar-refractivity contribution in [2.45, 2.75) is 52.4 Å². The number of hydrogen-bond donors (Lipinski definition) is 1. The molecule has 0 spiro atoms. The standard InChI is InChI=1S/C16H23NO/c1-12-8-13(2)10-15(9-12)17-16(18)11-14-6-4-3-5-7-14/h8-10,14H,3-7,11H2,1-2H3,(H,17,18). The molecule has 2 rings (SSSR count). The molecule has 1 aliphatic rings. The molecule has 1 aromatic carbocycles. The fourth-order valence-corrected chi connectivity index (χ4v) is 2.91. The summed E-state index contributed by atoms with van der Waals surface area (Å²) in [6, 6.07) is 6.19. The third-order valence-corrected chi connectivity index (χ3v) is 3.70. The zero-order valence-electron chi connectivity index (χ0n) is 11.5. The number of rotatable bonds is 3. The Kier molecular flexibility index (Phi) is 4.40. The lowest BCUT2D eigenvalue weighted by atomic mass is 9.87. The van der Waals surface area contributed by atoms with Crippen LogP contribution in [0.15, 0.2) is 18.2 Å². The van der Waals surface area contributed by atoms with Crippen LogP contribution in [-0.4, -0.2) is 5.91 Å². The number of carbonyl (C=O) groups is 1. The molecule has 1 fully saturated rings. The molecular weight excluding hydrogens is 222 g/mol. The van der Waals surface area contributed by atoms with Crippen molar-refractivity contribution in [1.82, 2.24) is 0 Å². The topological polar surface area (TPSA) is 29.1 Å². The normalized spacial score (nSPS) is 16.6. The highest BCUT2D eigenvalue weighted by molar-refractivity contribution is 5.91. The van der Waals surface area contributed by atoms with E-state index < -0.39 is 0 Å². The fraction of sp³-hybridized carbons (Fsp3) is 0.562. The number of hydrogen-bond acceptors (Lipinski definition) is 1. The van der Waals surface area contributed by atoms with Gasteiger partial charge in [0.25, 0.3) is 0 Å². The van der Waals surface area contributed by atoms with Crippen molar-refractivity contribution < 1.29 is 4.79 Å². The molecule has 1 aromatic rings. The molecule has 1 amide bonds. The lowest BCUT2D eigenvalue weighted by Gasteiger charge is -2.20. The van der Waals surface area contributed by atoms with Gasteiger partial charge in [-0.05, 0) is 55.9 Å². The molecule has 18 heavy (non-hydrogen) atoms. The molecule has 1 N–H and O–H groups in total. The van der Waals surface area contributed by atoms with Gasteiger partial charge in [0, 0.05) is 12.1 Å². The molecule has 0 aliphatic heterocycles. The molecular formula is C16H23NO. The van der Waals surface area contributed by atoms with Crippen LogP contribution in [0.5, 0.6) is 0 Å². The van der Waals surface area contributed by atoms with Crippen LogP contribution < -0.4 is 5.32 Å². The smallest absolute Gasteiger partial charge is 0.224 e. The Balaban J connectivity index is 1.89. The van der Waals surface area contributed by atoms with Gasteiger partial charge in [0.05, 0.1) is 0 Å². The zero-order valence-corrected chi connectivity index (χ0v) is 11.5. The van der Waals surface area contributed by atoms with Crippen LogP contribution in [0.25, 0.3) is 0 Å². The molecule has 0 aromatic heterocycles. The summed E-state index contributed by atoms with van der Waals surface area (Å²) >= 11 is 0. The van der Waals surface area contributed by atoms with Crippen LogP contribution >= 0.6 is 0 Å². The van der Waals surface area contributed by atoms with E-state index >= 15 is 0 Å². The van der Waals surface area contributed by atoms with E-state index in [2.05, 4.69) is 25.2 Å². The molecule has 0 saturated heterocycles. The van der Waals surface area contributed by atoms with E-state index in [9.17, 15) is 4.79 Å². The van der Waals surface area contributed by atoms with Crippen LogP contribution in [0.4, 0.5) is 5.69 Å². The SMILES string of the molecule is Cc1cc(C)cc(NC(=O)CC2CCCCC2)c1. The monoisotopic (exact) mass is 245 g/mol. The van der Waals surface area contributed by atoms with E-state index in [0.29, 0.717) is 12.3 Å². The second-order valence-corrected chi connectivity index (χ2v) is 5.63. The molecule has 0 bridgehead atoms. The Labute approximate surface area is 110 Å². The summed E-state index contributed by atoms with van der Waals surface area (Å²) < 4.78 is 0. The summed E-state index contributed by atoms with van der Waals surface area (Å²) in [5.74, 6) is 0.775. The van der Waals surface area contributed by atoms with E-state index in [4.69, 9.17) is 0 Å². The quantitative estimate of drug-likeness (QED) is 0.849. The second kappa shape index (κ2) is 6.03. The Bertz CT molecular complexity index is 399. The van der Waals surface area contributed by atoms with Gasteiger partial charge in [-0.15, -0.1) is 0 Å². The second-order valence-electron chi connectivity index (χ2n) is 5.63. The lowest BCUT2D eigenvalue weighted by Crippen LogP contribution is -2.18. The van der Waals surface area contributed by atoms with Crippen LogP contribution in [-0.2, 0) is 4.79 Å². The van der Waals surface area contributed by atoms with E-state index in [1.165, 1.54) is 43.2 Å². The van der Waals surface area contributed by atoms with Gasteiger partial charge in [-0.25, -0.2) is 0 Å². The van der Waals surface area contributed by atoms with Crippen molar-refractivity contribution in [2.75, 3.05) is 5.32 Å². The lowest BCUT2D eigenvalue weighted by molar-refractivity contribution is -0.117. The Morgan fingerprint density at radius 2 is 1.72 bits per heavy atom. The molecule has 98 valence electrons. The largest absolute Gasteiger partial charge is 0.326 e. The first-order valence-corrected chi connectivity index (χ1v) is 7.01. The summed E-state index contributed by atoms with van der Waals surface area (Å²) in [5, 5.41) is 3.03. The maximum Gasteiger partial charge on any atom is 0.224 e. The Morgan fingerprint density at radius 3 is 2.33 bits per heavy atom. The van der Waals surface area contributed by atoms with Gasteiger partial charge in [-0.3, -0.25) is 4.79 Å². The highest BCUT2D eigenvalue weighted by Gasteiger charge is 2.17. The molecule has 1 aliphatic carbocycles. The van der Waals surface area contributed by atoms with Crippen molar-refractivity contribution in [1.29, 1.82) is 0 Å². The summed E-state index contributed by atoms with van der Waals surface area (Å²) in [5.41, 5.74) is 3.33. The first-order chi connectivity index (χ1) is 8.63. The summed E-state index contributed by atoms with van der Waals surface area (Å²) in [4.78, 5) is 12.0. The van der Waals surface area contributed by atoms with Gasteiger partial charge >= 0.3 is 0 Å². The highest BCUT2D eigenvalue weighted by atomic mass is 16.1. The van der Waals surface area contributed by atoms with Crippen molar-refractivity contribution in [3.63, 3.8) is 0 Å². The third-order valence-electron chi connectivity index (χ3n) is 3.70. The maximum absolute atomic E-state index is 12.0. The van der Waals surface area contributed by atoms with Crippen LogP contribution in [0, 0.1) is 19.8 Å². The third kappa shape index (κ3) is 3.86. The molecule has 0 unspecified atom stereocenters. The average molecular weight is 245 g/mol. The predicted molar refractivity (Wildman–Crippen MR) is 75.7 cm³/mol. The number of carbonyl (C=O) groups excluding carboxylic acids is 1. The Hall–Kier alpha value is -1.31. The van der Waals surface area contributed by atoms with E-state index in [-0.39, 0.29) is 5.91 Å². The number of aryl methyl sites for hydroxylation is 2. The van der Waals surface area contributed by atoms with Crippen molar-refractivity contribution >= 4 is 11.6 Å². The van der Waals surface area contributed by atoms with Gasteiger partial charge in [0.2, 0.25) is 5.91 Å². The van der Waals surface area contributed by atoms with E-state index in [1.54, 1.807) is 0 Å². The minimum Gasteiger partial charge on any atom is -0.326 e. The maximum atomic E-state index is 12.0. The molecule has 1 saturated carbocycles. The van der Waals surface area contributed by atoms with Crippen LogP contribution in [0.2, 0.25) is 0 Å². The first kappa shape index (κ1) is 13.1. The summed E-state index contributed by atoms with van der Waals surface area (Å²) in [6.07, 6.45) is 7.06. The minimum absolute atomic E-state index is 0.173. The highest BCUT2D eigenvalue weighted by Crippen LogP contribution is 2.26. The van der Waals surface area contributed by atoms with Crippen molar-refractivity contribution in [2.24, 2.45) is 5.92 Å². The van der Waals surface area contributed by atoms with Gasteiger partial charge in [0.1, 0.15) is 0 Å². The van der Waals surface area contributed by atoms with Crippen molar-refractivity contribution in [3.8, 4) is 0 Å². The predicted octanol–water partition coefficient (Wildman–Crippen LogP) is 4.21. The average Bonchev–Trinajstić information content (AvgIpc) is 2.28. The molecule has 2 heteroatoms. The van der Waals surface area contributed by atoms with Gasteiger partial charge < -0.3 is 5.32 Å². The van der Waals surface area contributed by atoms with Gasteiger partial charge in [-0.2, -0.15) is 0 Å². The molecule has 0 atom stereocenters. The number of benzene rings is 1. The number of anilines is 1. The molecule has 0 heterocycles. The first-order valence-electron chi connectivity index (χ1n) is 7.01. The van der Waals surface area contributed by atoms with Gasteiger partial charge in [-0.1, -0.05) is 25.3 Å². The zero-order chi connectivity index (χ0) is 13.0. The van der Waals surface area contributed by atoms with E-state index in [0.717, 1.165) is 5.69 Å². The molecule has 2 nitrogen and oxygen atoms in total.